The predicted molar refractivity (Wildman–Crippen MR) is 52.1 cm³/mol. The molecule has 3 nitrogen and oxygen atoms in total. The molecule has 3 heteroatoms. The van der Waals surface area contributed by atoms with Gasteiger partial charge in [-0.2, -0.15) is 0 Å². The standard InChI is InChI=1S/C9H16N2O/c1-4-7-10-8(5-2)9(6-3)11-12/h4,7,12H,5-6H2,1-3H3/b7-4+,10-8-,11-9+. The second-order valence-electron chi connectivity index (χ2n) is 2.31. The van der Waals surface area contributed by atoms with Gasteiger partial charge in [-0.1, -0.05) is 25.1 Å². The van der Waals surface area contributed by atoms with Crippen molar-refractivity contribution in [3.63, 3.8) is 0 Å². The van der Waals surface area contributed by atoms with Gasteiger partial charge >= 0.3 is 0 Å². The summed E-state index contributed by atoms with van der Waals surface area (Å²) in [6, 6.07) is 0. The first-order valence-electron chi connectivity index (χ1n) is 4.19. The summed E-state index contributed by atoms with van der Waals surface area (Å²) in [4.78, 5) is 4.15. The first-order valence-corrected chi connectivity index (χ1v) is 4.19. The molecular weight excluding hydrogens is 152 g/mol. The number of rotatable bonds is 4. The zero-order chi connectivity index (χ0) is 9.40. The zero-order valence-corrected chi connectivity index (χ0v) is 7.91. The Labute approximate surface area is 73.5 Å². The molecule has 0 rings (SSSR count). The Kier molecular flexibility index (Phi) is 5.97. The van der Waals surface area contributed by atoms with Crippen LogP contribution in [0.25, 0.3) is 0 Å². The highest BCUT2D eigenvalue weighted by Gasteiger charge is 2.03. The van der Waals surface area contributed by atoms with Crippen molar-refractivity contribution < 1.29 is 5.21 Å². The molecule has 68 valence electrons. The smallest absolute Gasteiger partial charge is 0.101 e. The maximum atomic E-state index is 8.61. The summed E-state index contributed by atoms with van der Waals surface area (Å²) in [7, 11) is 0. The molecule has 0 radical (unpaired) electrons. The third-order valence-electron chi connectivity index (χ3n) is 1.50. The van der Waals surface area contributed by atoms with Gasteiger partial charge in [0.15, 0.2) is 0 Å². The van der Waals surface area contributed by atoms with Crippen LogP contribution in [-0.2, 0) is 0 Å². The highest BCUT2D eigenvalue weighted by molar-refractivity contribution is 6.42. The molecule has 0 aliphatic rings. The third-order valence-corrected chi connectivity index (χ3v) is 1.50. The minimum absolute atomic E-state index is 0.663. The van der Waals surface area contributed by atoms with E-state index in [1.54, 1.807) is 6.20 Å². The van der Waals surface area contributed by atoms with Crippen LogP contribution in [0.3, 0.4) is 0 Å². The molecule has 0 aromatic heterocycles. The molecule has 0 spiro atoms. The van der Waals surface area contributed by atoms with E-state index in [-0.39, 0.29) is 0 Å². The van der Waals surface area contributed by atoms with Gasteiger partial charge in [-0.05, 0) is 19.8 Å². The van der Waals surface area contributed by atoms with Crippen molar-refractivity contribution in [3.05, 3.63) is 12.3 Å². The SMILES string of the molecule is C/C=C/N=C(CC)\C(CC)=N\O. The van der Waals surface area contributed by atoms with E-state index in [1.807, 2.05) is 26.8 Å². The summed E-state index contributed by atoms with van der Waals surface area (Å²) in [5.41, 5.74) is 1.51. The Hall–Kier alpha value is -1.12. The largest absolute Gasteiger partial charge is 0.411 e. The molecular formula is C9H16N2O. The summed E-state index contributed by atoms with van der Waals surface area (Å²) in [5.74, 6) is 0. The van der Waals surface area contributed by atoms with Crippen molar-refractivity contribution in [2.75, 3.05) is 0 Å². The number of hydrogen-bond acceptors (Lipinski definition) is 3. The molecule has 0 amide bonds. The lowest BCUT2D eigenvalue weighted by molar-refractivity contribution is 0.319. The molecule has 1 N–H and O–H groups in total. The Morgan fingerprint density at radius 2 is 1.83 bits per heavy atom. The lowest BCUT2D eigenvalue weighted by Gasteiger charge is -2.00. The van der Waals surface area contributed by atoms with Crippen LogP contribution in [0.5, 0.6) is 0 Å². The molecule has 0 aliphatic heterocycles. The fourth-order valence-electron chi connectivity index (χ4n) is 0.867. The van der Waals surface area contributed by atoms with Crippen LogP contribution >= 0.6 is 0 Å². The van der Waals surface area contributed by atoms with Crippen LogP contribution in [0.4, 0.5) is 0 Å². The number of nitrogens with zero attached hydrogens (tertiary/aromatic N) is 2. The van der Waals surface area contributed by atoms with Crippen LogP contribution in [0.15, 0.2) is 22.4 Å². The highest BCUT2D eigenvalue weighted by atomic mass is 16.4. The van der Waals surface area contributed by atoms with Crippen molar-refractivity contribution in [1.29, 1.82) is 0 Å². The van der Waals surface area contributed by atoms with Gasteiger partial charge in [-0.25, -0.2) is 0 Å². The van der Waals surface area contributed by atoms with Gasteiger partial charge in [0.1, 0.15) is 5.71 Å². The highest BCUT2D eigenvalue weighted by Crippen LogP contribution is 1.96. The quantitative estimate of drug-likeness (QED) is 0.391. The minimum atomic E-state index is 0.663. The van der Waals surface area contributed by atoms with E-state index >= 15 is 0 Å². The van der Waals surface area contributed by atoms with Gasteiger partial charge in [-0.15, -0.1) is 0 Å². The van der Waals surface area contributed by atoms with E-state index < -0.39 is 0 Å². The average Bonchev–Trinajstić information content (AvgIpc) is 2.12. The summed E-state index contributed by atoms with van der Waals surface area (Å²) in [6.45, 7) is 5.83. The first kappa shape index (κ1) is 10.9. The topological polar surface area (TPSA) is 45.0 Å². The van der Waals surface area contributed by atoms with Crippen molar-refractivity contribution >= 4 is 11.4 Å². The van der Waals surface area contributed by atoms with Gasteiger partial charge in [0.25, 0.3) is 0 Å². The van der Waals surface area contributed by atoms with Crippen molar-refractivity contribution in [2.45, 2.75) is 33.6 Å². The molecule has 0 aromatic carbocycles. The monoisotopic (exact) mass is 168 g/mol. The second kappa shape index (κ2) is 6.58. The number of hydrogen-bond donors (Lipinski definition) is 1. The van der Waals surface area contributed by atoms with Gasteiger partial charge in [0, 0.05) is 6.20 Å². The molecule has 0 unspecified atom stereocenters. The minimum Gasteiger partial charge on any atom is -0.411 e. The second-order valence-corrected chi connectivity index (χ2v) is 2.31. The average molecular weight is 168 g/mol. The normalized spacial score (nSPS) is 14.2. The fraction of sp³-hybridized carbons (Fsp3) is 0.556. The van der Waals surface area contributed by atoms with Gasteiger partial charge < -0.3 is 5.21 Å². The molecule has 0 heterocycles. The maximum absolute atomic E-state index is 8.61. The molecule has 0 atom stereocenters. The Balaban J connectivity index is 4.53. The number of oxime groups is 1. The Morgan fingerprint density at radius 3 is 2.17 bits per heavy atom. The zero-order valence-electron chi connectivity index (χ0n) is 7.91. The maximum Gasteiger partial charge on any atom is 0.101 e. The van der Waals surface area contributed by atoms with E-state index in [0.29, 0.717) is 12.1 Å². The number of aliphatic imine (C=N–C) groups is 1. The molecule has 12 heavy (non-hydrogen) atoms. The Morgan fingerprint density at radius 1 is 1.25 bits per heavy atom. The lowest BCUT2D eigenvalue weighted by Crippen LogP contribution is -2.11. The van der Waals surface area contributed by atoms with E-state index in [9.17, 15) is 0 Å². The molecule has 0 aromatic rings. The molecule has 0 saturated heterocycles. The summed E-state index contributed by atoms with van der Waals surface area (Å²) < 4.78 is 0. The fourth-order valence-corrected chi connectivity index (χ4v) is 0.867. The van der Waals surface area contributed by atoms with Crippen molar-refractivity contribution in [3.8, 4) is 0 Å². The van der Waals surface area contributed by atoms with E-state index in [1.165, 1.54) is 0 Å². The van der Waals surface area contributed by atoms with E-state index in [4.69, 9.17) is 5.21 Å². The van der Waals surface area contributed by atoms with Gasteiger partial charge in [-0.3, -0.25) is 4.99 Å². The molecule has 0 aliphatic carbocycles. The van der Waals surface area contributed by atoms with Crippen LogP contribution < -0.4 is 0 Å². The molecule has 0 saturated carbocycles. The molecule has 0 fully saturated rings. The summed E-state index contributed by atoms with van der Waals surface area (Å²) in [6.07, 6.45) is 5.05. The first-order chi connectivity index (χ1) is 5.79. The van der Waals surface area contributed by atoms with Crippen molar-refractivity contribution in [1.82, 2.24) is 0 Å². The third kappa shape index (κ3) is 3.32. The van der Waals surface area contributed by atoms with Crippen LogP contribution in [0, 0.1) is 0 Å². The van der Waals surface area contributed by atoms with E-state index in [2.05, 4.69) is 10.1 Å². The van der Waals surface area contributed by atoms with Crippen LogP contribution in [0.2, 0.25) is 0 Å². The summed E-state index contributed by atoms with van der Waals surface area (Å²) in [5, 5.41) is 11.8. The van der Waals surface area contributed by atoms with Crippen molar-refractivity contribution in [2.24, 2.45) is 10.1 Å². The molecule has 0 bridgehead atoms. The summed E-state index contributed by atoms with van der Waals surface area (Å²) >= 11 is 0. The van der Waals surface area contributed by atoms with Crippen LogP contribution in [0.1, 0.15) is 33.6 Å². The van der Waals surface area contributed by atoms with Gasteiger partial charge in [0.05, 0.1) is 5.71 Å². The van der Waals surface area contributed by atoms with Gasteiger partial charge in [0.2, 0.25) is 0 Å². The lowest BCUT2D eigenvalue weighted by atomic mass is 10.1. The Bertz CT molecular complexity index is 205. The van der Waals surface area contributed by atoms with Crippen LogP contribution in [-0.4, -0.2) is 16.6 Å². The van der Waals surface area contributed by atoms with E-state index in [0.717, 1.165) is 12.1 Å². The predicted octanol–water partition coefficient (Wildman–Crippen LogP) is 2.61. The number of allylic oxidation sites excluding steroid dienone is 1.